The zero-order valence-electron chi connectivity index (χ0n) is 10.0. The first-order chi connectivity index (χ1) is 7.49. The first-order valence-corrected chi connectivity index (χ1v) is 6.34. The molecule has 0 saturated carbocycles. The van der Waals surface area contributed by atoms with Crippen molar-refractivity contribution in [3.63, 3.8) is 0 Å². The van der Waals surface area contributed by atoms with Crippen LogP contribution in [0.15, 0.2) is 22.7 Å². The van der Waals surface area contributed by atoms with E-state index in [4.69, 9.17) is 0 Å². The van der Waals surface area contributed by atoms with E-state index in [2.05, 4.69) is 35.1 Å². The highest BCUT2D eigenvalue weighted by atomic mass is 79.9. The van der Waals surface area contributed by atoms with Gasteiger partial charge in [0.25, 0.3) is 0 Å². The van der Waals surface area contributed by atoms with Gasteiger partial charge in [0.15, 0.2) is 0 Å². The van der Waals surface area contributed by atoms with E-state index in [0.29, 0.717) is 12.3 Å². The lowest BCUT2D eigenvalue weighted by Crippen LogP contribution is -2.12. The fourth-order valence-electron chi connectivity index (χ4n) is 1.37. The van der Waals surface area contributed by atoms with E-state index in [1.165, 1.54) is 0 Å². The third-order valence-corrected chi connectivity index (χ3v) is 3.28. The molecule has 0 bridgehead atoms. The number of halogens is 1. The van der Waals surface area contributed by atoms with Crippen LogP contribution in [0, 0.1) is 12.8 Å². The number of carbonyl (C=O) groups is 1. The molecule has 3 heteroatoms. The van der Waals surface area contributed by atoms with E-state index in [0.717, 1.165) is 22.1 Å². The van der Waals surface area contributed by atoms with Gasteiger partial charge in [-0.2, -0.15) is 0 Å². The molecule has 1 amide bonds. The molecular formula is C13H18BrNO. The van der Waals surface area contributed by atoms with E-state index in [1.54, 1.807) is 0 Å². The molecule has 2 nitrogen and oxygen atoms in total. The van der Waals surface area contributed by atoms with Crippen LogP contribution < -0.4 is 5.32 Å². The Kier molecular flexibility index (Phi) is 5.00. The highest BCUT2D eigenvalue weighted by molar-refractivity contribution is 9.10. The number of nitrogens with one attached hydrogen (secondary N) is 1. The molecule has 0 spiro atoms. The van der Waals surface area contributed by atoms with Gasteiger partial charge < -0.3 is 5.32 Å². The van der Waals surface area contributed by atoms with Crippen molar-refractivity contribution in [2.45, 2.75) is 33.6 Å². The van der Waals surface area contributed by atoms with E-state index >= 15 is 0 Å². The second-order valence-corrected chi connectivity index (χ2v) is 5.30. The number of carbonyl (C=O) groups excluding carboxylic acids is 1. The Bertz CT molecular complexity index is 374. The monoisotopic (exact) mass is 283 g/mol. The lowest BCUT2D eigenvalue weighted by atomic mass is 10.1. The third kappa shape index (κ3) is 4.35. The molecule has 0 aromatic heterocycles. The number of benzene rings is 1. The molecule has 0 heterocycles. The Labute approximate surface area is 106 Å². The molecule has 1 aromatic carbocycles. The second-order valence-electron chi connectivity index (χ2n) is 4.44. The average molecular weight is 284 g/mol. The standard InChI is InChI=1S/C13H18BrNO/c1-9(2)4-7-13(16)15-11-5-6-12(14)10(3)8-11/h5-6,8-9H,4,7H2,1-3H3,(H,15,16). The number of aryl methyl sites for hydroxylation is 1. The van der Waals surface area contributed by atoms with E-state index in [1.807, 2.05) is 25.1 Å². The van der Waals surface area contributed by atoms with Crippen LogP contribution in [0.25, 0.3) is 0 Å². The first kappa shape index (κ1) is 13.2. The molecule has 0 aliphatic carbocycles. The molecule has 0 aliphatic heterocycles. The summed E-state index contributed by atoms with van der Waals surface area (Å²) in [6.45, 7) is 6.25. The van der Waals surface area contributed by atoms with Gasteiger partial charge in [0, 0.05) is 16.6 Å². The SMILES string of the molecule is Cc1cc(NC(=O)CCC(C)C)ccc1Br. The maximum Gasteiger partial charge on any atom is 0.224 e. The molecule has 0 saturated heterocycles. The van der Waals surface area contributed by atoms with Gasteiger partial charge in [0.05, 0.1) is 0 Å². The van der Waals surface area contributed by atoms with Gasteiger partial charge in [0.2, 0.25) is 5.91 Å². The molecule has 0 fully saturated rings. The van der Waals surface area contributed by atoms with Crippen LogP contribution in [0.5, 0.6) is 0 Å². The summed E-state index contributed by atoms with van der Waals surface area (Å²) in [4.78, 5) is 11.6. The van der Waals surface area contributed by atoms with Crippen molar-refractivity contribution in [1.82, 2.24) is 0 Å². The van der Waals surface area contributed by atoms with E-state index in [-0.39, 0.29) is 5.91 Å². The normalized spacial score (nSPS) is 10.6. The Morgan fingerprint density at radius 1 is 1.44 bits per heavy atom. The fraction of sp³-hybridized carbons (Fsp3) is 0.462. The Balaban J connectivity index is 2.53. The van der Waals surface area contributed by atoms with Gasteiger partial charge >= 0.3 is 0 Å². The lowest BCUT2D eigenvalue weighted by Gasteiger charge is -2.08. The number of amides is 1. The summed E-state index contributed by atoms with van der Waals surface area (Å²) in [5.41, 5.74) is 2.00. The fourth-order valence-corrected chi connectivity index (χ4v) is 1.61. The lowest BCUT2D eigenvalue weighted by molar-refractivity contribution is -0.116. The molecule has 16 heavy (non-hydrogen) atoms. The molecule has 0 unspecified atom stereocenters. The Morgan fingerprint density at radius 3 is 2.69 bits per heavy atom. The molecule has 1 rings (SSSR count). The van der Waals surface area contributed by atoms with Crippen molar-refractivity contribution in [1.29, 1.82) is 0 Å². The maximum absolute atomic E-state index is 11.6. The number of rotatable bonds is 4. The second kappa shape index (κ2) is 6.04. The van der Waals surface area contributed by atoms with Crippen LogP contribution in [0.2, 0.25) is 0 Å². The highest BCUT2D eigenvalue weighted by Gasteiger charge is 2.04. The van der Waals surface area contributed by atoms with Crippen LogP contribution >= 0.6 is 15.9 Å². The van der Waals surface area contributed by atoms with Crippen molar-refractivity contribution < 1.29 is 4.79 Å². The smallest absolute Gasteiger partial charge is 0.224 e. The molecule has 1 aromatic rings. The minimum Gasteiger partial charge on any atom is -0.326 e. The van der Waals surface area contributed by atoms with Crippen molar-refractivity contribution in [3.05, 3.63) is 28.2 Å². The van der Waals surface area contributed by atoms with E-state index in [9.17, 15) is 4.79 Å². The largest absolute Gasteiger partial charge is 0.326 e. The molecule has 0 atom stereocenters. The molecule has 0 radical (unpaired) electrons. The quantitative estimate of drug-likeness (QED) is 0.884. The van der Waals surface area contributed by atoms with Gasteiger partial charge in [0.1, 0.15) is 0 Å². The number of hydrogen-bond acceptors (Lipinski definition) is 1. The van der Waals surface area contributed by atoms with Crippen molar-refractivity contribution in [2.75, 3.05) is 5.32 Å². The number of anilines is 1. The molecular weight excluding hydrogens is 266 g/mol. The minimum atomic E-state index is 0.0930. The molecule has 1 N–H and O–H groups in total. The van der Waals surface area contributed by atoms with Crippen LogP contribution in [-0.4, -0.2) is 5.91 Å². The summed E-state index contributed by atoms with van der Waals surface area (Å²) in [5.74, 6) is 0.660. The summed E-state index contributed by atoms with van der Waals surface area (Å²) in [6.07, 6.45) is 1.52. The predicted molar refractivity (Wildman–Crippen MR) is 71.6 cm³/mol. The molecule has 0 aliphatic rings. The summed E-state index contributed by atoms with van der Waals surface area (Å²) in [7, 11) is 0. The Hall–Kier alpha value is -0.830. The summed E-state index contributed by atoms with van der Waals surface area (Å²) in [6, 6.07) is 5.83. The van der Waals surface area contributed by atoms with Crippen molar-refractivity contribution in [2.24, 2.45) is 5.92 Å². The highest BCUT2D eigenvalue weighted by Crippen LogP contribution is 2.20. The summed E-state index contributed by atoms with van der Waals surface area (Å²) < 4.78 is 1.06. The van der Waals surface area contributed by atoms with Crippen LogP contribution in [0.3, 0.4) is 0 Å². The zero-order chi connectivity index (χ0) is 12.1. The van der Waals surface area contributed by atoms with E-state index < -0.39 is 0 Å². The maximum atomic E-state index is 11.6. The van der Waals surface area contributed by atoms with Crippen LogP contribution in [0.1, 0.15) is 32.3 Å². The predicted octanol–water partition coefficient (Wildman–Crippen LogP) is 4.13. The first-order valence-electron chi connectivity index (χ1n) is 5.55. The minimum absolute atomic E-state index is 0.0930. The summed E-state index contributed by atoms with van der Waals surface area (Å²) >= 11 is 3.43. The third-order valence-electron chi connectivity index (χ3n) is 2.39. The summed E-state index contributed by atoms with van der Waals surface area (Å²) in [5, 5.41) is 2.91. The van der Waals surface area contributed by atoms with Crippen molar-refractivity contribution in [3.8, 4) is 0 Å². The van der Waals surface area contributed by atoms with Gasteiger partial charge in [-0.3, -0.25) is 4.79 Å². The van der Waals surface area contributed by atoms with Gasteiger partial charge in [-0.25, -0.2) is 0 Å². The van der Waals surface area contributed by atoms with Gasteiger partial charge in [-0.05, 0) is 43.0 Å². The average Bonchev–Trinajstić information content (AvgIpc) is 2.21. The van der Waals surface area contributed by atoms with Crippen molar-refractivity contribution >= 4 is 27.5 Å². The Morgan fingerprint density at radius 2 is 2.12 bits per heavy atom. The van der Waals surface area contributed by atoms with Gasteiger partial charge in [-0.15, -0.1) is 0 Å². The topological polar surface area (TPSA) is 29.1 Å². The molecule has 88 valence electrons. The van der Waals surface area contributed by atoms with Gasteiger partial charge in [-0.1, -0.05) is 29.8 Å². The number of hydrogen-bond donors (Lipinski definition) is 1. The van der Waals surface area contributed by atoms with Crippen LogP contribution in [0.4, 0.5) is 5.69 Å². The van der Waals surface area contributed by atoms with Crippen LogP contribution in [-0.2, 0) is 4.79 Å². The zero-order valence-corrected chi connectivity index (χ0v) is 11.6.